The van der Waals surface area contributed by atoms with Gasteiger partial charge in [0.2, 0.25) is 0 Å². The molecule has 4 saturated carbocycles. The average molecular weight is 751 g/mol. The molecule has 223 valence electrons. The monoisotopic (exact) mass is 751 g/mol. The zero-order chi connectivity index (χ0) is 29.0. The van der Waals surface area contributed by atoms with Crippen molar-refractivity contribution in [3.8, 4) is 33.6 Å². The number of aromatic nitrogens is 2. The molecule has 0 saturated heterocycles. The summed E-state index contributed by atoms with van der Waals surface area (Å²) < 4.78 is 0. The van der Waals surface area contributed by atoms with Gasteiger partial charge in [-0.3, -0.25) is 0 Å². The van der Waals surface area contributed by atoms with Crippen molar-refractivity contribution in [2.45, 2.75) is 63.2 Å². The zero-order valence-corrected chi connectivity index (χ0v) is 27.9. The first-order valence-electron chi connectivity index (χ1n) is 16.0. The van der Waals surface area contributed by atoms with Crippen LogP contribution in [0.4, 0.5) is 0 Å². The second-order valence-corrected chi connectivity index (χ2v) is 13.9. The van der Waals surface area contributed by atoms with Crippen molar-refractivity contribution in [3.05, 3.63) is 132 Å². The number of hydrogen-bond acceptors (Lipinski definition) is 2. The van der Waals surface area contributed by atoms with Crippen LogP contribution in [0.2, 0.25) is 0 Å². The Bertz CT molecular complexity index is 1700. The minimum Gasteiger partial charge on any atom is -0.305 e. The van der Waals surface area contributed by atoms with Crippen molar-refractivity contribution in [1.82, 2.24) is 9.97 Å². The second-order valence-electron chi connectivity index (χ2n) is 13.9. The molecule has 5 aliphatic rings. The van der Waals surface area contributed by atoms with Gasteiger partial charge in [0, 0.05) is 32.5 Å². The molecule has 2 heterocycles. The van der Waals surface area contributed by atoms with Gasteiger partial charge in [0.15, 0.2) is 0 Å². The van der Waals surface area contributed by atoms with E-state index in [-0.39, 0.29) is 25.5 Å². The Labute approximate surface area is 275 Å². The molecule has 4 fully saturated rings. The van der Waals surface area contributed by atoms with Crippen LogP contribution in [0, 0.1) is 29.9 Å². The number of rotatable bonds is 3. The van der Waals surface area contributed by atoms with Crippen molar-refractivity contribution < 1.29 is 20.1 Å². The number of fused-ring (bicyclic) bond motifs is 3. The Kier molecular flexibility index (Phi) is 7.67. The molecule has 10 rings (SSSR count). The number of pyridine rings is 2. The summed E-state index contributed by atoms with van der Waals surface area (Å²) in [5, 5.41) is 0. The maximum absolute atomic E-state index is 4.91. The van der Waals surface area contributed by atoms with E-state index in [0.717, 1.165) is 34.7 Å². The zero-order valence-electron chi connectivity index (χ0n) is 25.5. The molecule has 4 bridgehead atoms. The van der Waals surface area contributed by atoms with Crippen LogP contribution in [0.5, 0.6) is 0 Å². The van der Waals surface area contributed by atoms with E-state index in [0.29, 0.717) is 5.41 Å². The molecule has 0 N–H and O–H groups in total. The maximum atomic E-state index is 4.91. The topological polar surface area (TPSA) is 25.8 Å². The van der Waals surface area contributed by atoms with E-state index < -0.39 is 0 Å². The third-order valence-corrected chi connectivity index (χ3v) is 10.8. The van der Waals surface area contributed by atoms with E-state index in [1.54, 1.807) is 11.8 Å². The molecular formula is C41H38IrN2-2. The standard InChI is InChI=1S/C30H30N.C11H8N.Ir/c1-29(2)26-9-4-3-6-23(26)24-7-5-8-25(28(24)29)27-15-22(10-11-31-27)30-16-19-12-20(17-30)14-21(13-19)18-30;1-2-6-10(7-3-1)11-8-4-5-9-12-11;/h3-7,9-11,15,19-21H,12-14,16-18H2,1-2H3;1-6,8-9H;/q2*-1;. The summed E-state index contributed by atoms with van der Waals surface area (Å²) >= 11 is 0. The third kappa shape index (κ3) is 4.99. The molecule has 3 heteroatoms. The molecule has 2 aromatic heterocycles. The normalized spacial score (nSPS) is 24.8. The van der Waals surface area contributed by atoms with E-state index >= 15 is 0 Å². The van der Waals surface area contributed by atoms with E-state index in [1.165, 1.54) is 66.3 Å². The van der Waals surface area contributed by atoms with Crippen LogP contribution in [0.15, 0.2) is 103 Å². The predicted molar refractivity (Wildman–Crippen MR) is 174 cm³/mol. The fraction of sp³-hybridized carbons (Fsp3) is 0.317. The molecule has 44 heavy (non-hydrogen) atoms. The van der Waals surface area contributed by atoms with Gasteiger partial charge in [0.1, 0.15) is 0 Å². The van der Waals surface area contributed by atoms with Crippen molar-refractivity contribution in [3.63, 3.8) is 0 Å². The summed E-state index contributed by atoms with van der Waals surface area (Å²) in [5.41, 5.74) is 11.8. The van der Waals surface area contributed by atoms with Gasteiger partial charge in [0.25, 0.3) is 0 Å². The number of nitrogens with zero attached hydrogens (tertiary/aromatic N) is 2. The number of hydrogen-bond donors (Lipinski definition) is 0. The molecule has 5 aliphatic carbocycles. The molecule has 0 unspecified atom stereocenters. The summed E-state index contributed by atoms with van der Waals surface area (Å²) in [4.78, 5) is 9.13. The van der Waals surface area contributed by atoms with E-state index in [4.69, 9.17) is 4.98 Å². The van der Waals surface area contributed by atoms with Gasteiger partial charge in [-0.05, 0) is 107 Å². The van der Waals surface area contributed by atoms with Crippen LogP contribution >= 0.6 is 0 Å². The van der Waals surface area contributed by atoms with Crippen molar-refractivity contribution >= 4 is 0 Å². The van der Waals surface area contributed by atoms with Gasteiger partial charge in [-0.1, -0.05) is 61.9 Å². The Morgan fingerprint density at radius 2 is 1.36 bits per heavy atom. The fourth-order valence-corrected chi connectivity index (χ4v) is 9.41. The second kappa shape index (κ2) is 11.5. The molecule has 0 amide bonds. The van der Waals surface area contributed by atoms with Gasteiger partial charge < -0.3 is 9.97 Å². The van der Waals surface area contributed by atoms with E-state index in [1.807, 2.05) is 42.5 Å². The average Bonchev–Trinajstić information content (AvgIpc) is 3.28. The molecule has 5 aromatic rings. The molecular weight excluding hydrogens is 713 g/mol. The van der Waals surface area contributed by atoms with Crippen LogP contribution in [0.3, 0.4) is 0 Å². The van der Waals surface area contributed by atoms with Crippen molar-refractivity contribution in [2.24, 2.45) is 17.8 Å². The largest absolute Gasteiger partial charge is 0.305 e. The summed E-state index contributed by atoms with van der Waals surface area (Å²) in [6.45, 7) is 4.72. The Balaban J connectivity index is 0.000000203. The van der Waals surface area contributed by atoms with E-state index in [2.05, 4.69) is 85.7 Å². The van der Waals surface area contributed by atoms with Crippen molar-refractivity contribution in [2.75, 3.05) is 0 Å². The van der Waals surface area contributed by atoms with Gasteiger partial charge in [-0.2, -0.15) is 0 Å². The molecule has 2 nitrogen and oxygen atoms in total. The Morgan fingerprint density at radius 1 is 0.659 bits per heavy atom. The molecule has 0 aliphatic heterocycles. The Hall–Kier alpha value is -3.39. The third-order valence-electron chi connectivity index (χ3n) is 10.8. The summed E-state index contributed by atoms with van der Waals surface area (Å²) in [5.74, 6) is 2.89. The molecule has 3 aromatic carbocycles. The first kappa shape index (κ1) is 29.3. The fourth-order valence-electron chi connectivity index (χ4n) is 9.41. The van der Waals surface area contributed by atoms with Crippen LogP contribution in [-0.4, -0.2) is 9.97 Å². The van der Waals surface area contributed by atoms with Gasteiger partial charge >= 0.3 is 0 Å². The molecule has 1 radical (unpaired) electrons. The van der Waals surface area contributed by atoms with Gasteiger partial charge in [0.05, 0.1) is 0 Å². The van der Waals surface area contributed by atoms with Crippen molar-refractivity contribution in [1.29, 1.82) is 0 Å². The van der Waals surface area contributed by atoms with Crippen LogP contribution < -0.4 is 0 Å². The van der Waals surface area contributed by atoms with Crippen LogP contribution in [0.25, 0.3) is 33.6 Å². The summed E-state index contributed by atoms with van der Waals surface area (Å²) in [7, 11) is 0. The minimum absolute atomic E-state index is 0. The van der Waals surface area contributed by atoms with E-state index in [9.17, 15) is 0 Å². The summed E-state index contributed by atoms with van der Waals surface area (Å²) in [6, 6.07) is 38.4. The minimum atomic E-state index is -0.0304. The summed E-state index contributed by atoms with van der Waals surface area (Å²) in [6.07, 6.45) is 12.5. The molecule has 0 atom stereocenters. The molecule has 0 spiro atoms. The van der Waals surface area contributed by atoms with Crippen LogP contribution in [-0.2, 0) is 30.9 Å². The van der Waals surface area contributed by atoms with Crippen LogP contribution in [0.1, 0.15) is 69.1 Å². The first-order chi connectivity index (χ1) is 21.0. The van der Waals surface area contributed by atoms with Gasteiger partial charge in [-0.25, -0.2) is 0 Å². The predicted octanol–water partition coefficient (Wildman–Crippen LogP) is 9.87. The smallest absolute Gasteiger partial charge is 0.0163 e. The number of benzene rings is 3. The SMILES string of the molecule is CC1(C)c2ccccc2-c2cc[c-]c(-c3cc(C45CC6CC(CC(C6)C4)C5)ccn3)c21.[Ir].[c-]1ccccc1-c1ccccn1. The Morgan fingerprint density at radius 3 is 2.07 bits per heavy atom. The quantitative estimate of drug-likeness (QED) is 0.172. The maximum Gasteiger partial charge on any atom is 0.0163 e. The van der Waals surface area contributed by atoms with Gasteiger partial charge in [-0.15, -0.1) is 65.2 Å². The first-order valence-corrected chi connectivity index (χ1v) is 16.0.